The average molecular weight is 444 g/mol. The molecule has 1 aromatic heterocycles. The van der Waals surface area contributed by atoms with Crippen molar-refractivity contribution < 1.29 is 22.4 Å². The van der Waals surface area contributed by atoms with Gasteiger partial charge in [-0.1, -0.05) is 26.7 Å². The van der Waals surface area contributed by atoms with Gasteiger partial charge in [-0.15, -0.1) is 0 Å². The molecule has 7 heteroatoms. The summed E-state index contributed by atoms with van der Waals surface area (Å²) in [5.41, 5.74) is 1.98. The first-order valence-electron chi connectivity index (χ1n) is 10.6. The van der Waals surface area contributed by atoms with Gasteiger partial charge in [0.15, 0.2) is 5.78 Å². The van der Waals surface area contributed by atoms with Crippen LogP contribution in [0.3, 0.4) is 0 Å². The molecular weight excluding hydrogens is 414 g/mol. The van der Waals surface area contributed by atoms with Gasteiger partial charge in [-0.05, 0) is 55.3 Å². The minimum absolute atomic E-state index is 0.151. The number of ketones is 1. The monoisotopic (exact) mass is 443 g/mol. The van der Waals surface area contributed by atoms with Crippen molar-refractivity contribution >= 4 is 32.5 Å². The number of sulfonamides is 1. The van der Waals surface area contributed by atoms with Crippen LogP contribution in [0.25, 0.3) is 11.0 Å². The Kier molecular flexibility index (Phi) is 7.38. The number of hydrogen-bond acceptors (Lipinski definition) is 5. The predicted octanol–water partition coefficient (Wildman–Crippen LogP) is 5.56. The van der Waals surface area contributed by atoms with E-state index in [1.165, 1.54) is 0 Å². The van der Waals surface area contributed by atoms with Crippen molar-refractivity contribution in [1.29, 1.82) is 0 Å². The molecule has 0 aliphatic carbocycles. The summed E-state index contributed by atoms with van der Waals surface area (Å²) in [5.74, 6) is 1.20. The number of anilines is 1. The zero-order valence-corrected chi connectivity index (χ0v) is 19.1. The van der Waals surface area contributed by atoms with Gasteiger partial charge in [0.05, 0.1) is 18.4 Å². The molecule has 0 unspecified atom stereocenters. The van der Waals surface area contributed by atoms with E-state index >= 15 is 0 Å². The Morgan fingerprint density at radius 1 is 1.03 bits per heavy atom. The van der Waals surface area contributed by atoms with Crippen LogP contribution in [0.15, 0.2) is 46.9 Å². The summed E-state index contributed by atoms with van der Waals surface area (Å²) in [7, 11) is -3.43. The lowest BCUT2D eigenvalue weighted by Crippen LogP contribution is -2.09. The van der Waals surface area contributed by atoms with Crippen molar-refractivity contribution in [1.82, 2.24) is 0 Å². The molecular formula is C24H29NO5S. The highest BCUT2D eigenvalue weighted by molar-refractivity contribution is 7.92. The van der Waals surface area contributed by atoms with Crippen LogP contribution in [0, 0.1) is 0 Å². The molecule has 2 aromatic carbocycles. The number of furan rings is 1. The number of fused-ring (bicyclic) bond motifs is 1. The van der Waals surface area contributed by atoms with E-state index in [4.69, 9.17) is 9.15 Å². The van der Waals surface area contributed by atoms with Crippen molar-refractivity contribution in [3.8, 4) is 5.75 Å². The maximum absolute atomic E-state index is 13.4. The molecule has 3 aromatic rings. The van der Waals surface area contributed by atoms with E-state index in [-0.39, 0.29) is 5.78 Å². The van der Waals surface area contributed by atoms with Gasteiger partial charge in [-0.3, -0.25) is 9.52 Å². The van der Waals surface area contributed by atoms with E-state index in [1.54, 1.807) is 42.5 Å². The van der Waals surface area contributed by atoms with Crippen LogP contribution in [0.1, 0.15) is 61.2 Å². The average Bonchev–Trinajstić information content (AvgIpc) is 3.08. The summed E-state index contributed by atoms with van der Waals surface area (Å²) < 4.78 is 37.4. The first-order chi connectivity index (χ1) is 14.8. The maximum atomic E-state index is 13.4. The molecule has 0 atom stereocenters. The molecule has 0 saturated carbocycles. The van der Waals surface area contributed by atoms with Gasteiger partial charge in [0.25, 0.3) is 0 Å². The Balaban J connectivity index is 1.98. The second-order valence-corrected chi connectivity index (χ2v) is 9.39. The van der Waals surface area contributed by atoms with Gasteiger partial charge in [0.1, 0.15) is 17.1 Å². The molecule has 0 aliphatic heterocycles. The minimum atomic E-state index is -3.43. The first kappa shape index (κ1) is 22.9. The third kappa shape index (κ3) is 5.88. The van der Waals surface area contributed by atoms with Gasteiger partial charge in [0, 0.05) is 23.1 Å². The van der Waals surface area contributed by atoms with E-state index in [1.807, 2.05) is 0 Å². The third-order valence-corrected chi connectivity index (χ3v) is 5.54. The lowest BCUT2D eigenvalue weighted by atomic mass is 9.98. The van der Waals surface area contributed by atoms with E-state index in [0.717, 1.165) is 37.7 Å². The Morgan fingerprint density at radius 2 is 1.74 bits per heavy atom. The Labute approximate surface area is 183 Å². The molecule has 1 N–H and O–H groups in total. The lowest BCUT2D eigenvalue weighted by Gasteiger charge is -2.07. The predicted molar refractivity (Wildman–Crippen MR) is 124 cm³/mol. The van der Waals surface area contributed by atoms with Crippen LogP contribution in [0.5, 0.6) is 5.75 Å². The molecule has 166 valence electrons. The number of nitrogens with one attached hydrogen (secondary N) is 1. The van der Waals surface area contributed by atoms with Crippen molar-refractivity contribution in [3.63, 3.8) is 0 Å². The largest absolute Gasteiger partial charge is 0.494 e. The molecule has 0 spiro atoms. The Bertz CT molecular complexity index is 1150. The molecule has 0 bridgehead atoms. The molecule has 0 radical (unpaired) electrons. The Morgan fingerprint density at radius 3 is 2.39 bits per heavy atom. The van der Waals surface area contributed by atoms with Gasteiger partial charge >= 0.3 is 0 Å². The molecule has 0 fully saturated rings. The summed E-state index contributed by atoms with van der Waals surface area (Å²) in [6, 6.07) is 12.1. The number of ether oxygens (including phenoxy) is 1. The lowest BCUT2D eigenvalue weighted by molar-refractivity contribution is 0.103. The minimum Gasteiger partial charge on any atom is -0.494 e. The summed E-state index contributed by atoms with van der Waals surface area (Å²) in [5, 5.41) is 0.605. The van der Waals surface area contributed by atoms with Crippen molar-refractivity contribution in [2.24, 2.45) is 0 Å². The molecule has 1 heterocycles. The standard InChI is InChI=1S/C24H29NO5S/c1-4-6-8-22-23(20-16-18(25-31(3,27)28)11-14-21(20)30-22)24(26)17-9-12-19(13-10-17)29-15-7-5-2/h9-14,16,25H,4-8,15H2,1-3H3. The van der Waals surface area contributed by atoms with Gasteiger partial charge < -0.3 is 9.15 Å². The SMILES string of the molecule is CCCCOc1ccc(C(=O)c2c(CCCC)oc3ccc(NS(C)(=O)=O)cc23)cc1. The first-order valence-corrected chi connectivity index (χ1v) is 12.5. The van der Waals surface area contributed by atoms with Crippen LogP contribution < -0.4 is 9.46 Å². The summed E-state index contributed by atoms with van der Waals surface area (Å²) in [4.78, 5) is 13.4. The van der Waals surface area contributed by atoms with Crippen molar-refractivity contribution in [2.75, 3.05) is 17.6 Å². The van der Waals surface area contributed by atoms with E-state index in [0.29, 0.717) is 46.6 Å². The molecule has 6 nitrogen and oxygen atoms in total. The summed E-state index contributed by atoms with van der Waals surface area (Å²) >= 11 is 0. The van der Waals surface area contributed by atoms with Crippen LogP contribution >= 0.6 is 0 Å². The number of carbonyl (C=O) groups is 1. The smallest absolute Gasteiger partial charge is 0.229 e. The molecule has 31 heavy (non-hydrogen) atoms. The van der Waals surface area contributed by atoms with E-state index in [2.05, 4.69) is 18.6 Å². The number of unbranched alkanes of at least 4 members (excludes halogenated alkanes) is 2. The van der Waals surface area contributed by atoms with E-state index < -0.39 is 10.0 Å². The molecule has 3 rings (SSSR count). The maximum Gasteiger partial charge on any atom is 0.229 e. The molecule has 0 aliphatic rings. The van der Waals surface area contributed by atoms with Gasteiger partial charge in [-0.2, -0.15) is 0 Å². The van der Waals surface area contributed by atoms with Crippen LogP contribution in [0.4, 0.5) is 5.69 Å². The molecule has 0 saturated heterocycles. The topological polar surface area (TPSA) is 85.6 Å². The Hall–Kier alpha value is -2.80. The number of benzene rings is 2. The second kappa shape index (κ2) is 10.0. The van der Waals surface area contributed by atoms with Crippen molar-refractivity contribution in [2.45, 2.75) is 46.0 Å². The summed E-state index contributed by atoms with van der Waals surface area (Å²) in [6.07, 6.45) is 5.62. The molecule has 0 amide bonds. The fraction of sp³-hybridized carbons (Fsp3) is 0.375. The number of rotatable bonds is 11. The zero-order valence-electron chi connectivity index (χ0n) is 18.2. The quantitative estimate of drug-likeness (QED) is 0.310. The highest BCUT2D eigenvalue weighted by atomic mass is 32.2. The van der Waals surface area contributed by atoms with Crippen LogP contribution in [0.2, 0.25) is 0 Å². The number of hydrogen-bond donors (Lipinski definition) is 1. The highest BCUT2D eigenvalue weighted by Crippen LogP contribution is 2.32. The fourth-order valence-corrected chi connectivity index (χ4v) is 3.92. The zero-order chi connectivity index (χ0) is 22.4. The van der Waals surface area contributed by atoms with Gasteiger partial charge in [-0.25, -0.2) is 8.42 Å². The second-order valence-electron chi connectivity index (χ2n) is 7.64. The third-order valence-electron chi connectivity index (χ3n) is 4.93. The van der Waals surface area contributed by atoms with Gasteiger partial charge in [0.2, 0.25) is 10.0 Å². The summed E-state index contributed by atoms with van der Waals surface area (Å²) in [6.45, 7) is 4.83. The normalized spacial score (nSPS) is 11.6. The number of carbonyl (C=O) groups excluding carboxylic acids is 1. The van der Waals surface area contributed by atoms with Crippen LogP contribution in [-0.2, 0) is 16.4 Å². The van der Waals surface area contributed by atoms with E-state index in [9.17, 15) is 13.2 Å². The fourth-order valence-electron chi connectivity index (χ4n) is 3.37. The van der Waals surface area contributed by atoms with Crippen molar-refractivity contribution in [3.05, 3.63) is 59.4 Å². The highest BCUT2D eigenvalue weighted by Gasteiger charge is 2.22. The van der Waals surface area contributed by atoms with Crippen LogP contribution in [-0.4, -0.2) is 27.1 Å². The number of aryl methyl sites for hydroxylation is 1.